The third kappa shape index (κ3) is 3.39. The Morgan fingerprint density at radius 3 is 2.75 bits per heavy atom. The molecule has 0 atom stereocenters. The van der Waals surface area contributed by atoms with E-state index in [1.54, 1.807) is 0 Å². The molecule has 2 N–H and O–H groups in total. The Hall–Kier alpha value is -1.82. The molecule has 86 valence electrons. The molecule has 0 unspecified atom stereocenters. The summed E-state index contributed by atoms with van der Waals surface area (Å²) in [7, 11) is 0. The van der Waals surface area contributed by atoms with Gasteiger partial charge in [0.05, 0.1) is 23.0 Å². The SMILES string of the molecule is NC(=O)CCOc1ccc([N+](=O)[O-])cc1Cl. The van der Waals surface area contributed by atoms with E-state index in [-0.39, 0.29) is 29.5 Å². The molecule has 7 heteroatoms. The molecule has 1 rings (SSSR count). The Kier molecular flexibility index (Phi) is 4.07. The zero-order chi connectivity index (χ0) is 12.1. The van der Waals surface area contributed by atoms with Crippen LogP contribution in [0.1, 0.15) is 6.42 Å². The topological polar surface area (TPSA) is 95.5 Å². The molecule has 0 aliphatic carbocycles. The lowest BCUT2D eigenvalue weighted by Crippen LogP contribution is -2.14. The van der Waals surface area contributed by atoms with Gasteiger partial charge in [0.15, 0.2) is 0 Å². The molecule has 0 bridgehead atoms. The van der Waals surface area contributed by atoms with Gasteiger partial charge in [-0.1, -0.05) is 11.6 Å². The largest absolute Gasteiger partial charge is 0.491 e. The van der Waals surface area contributed by atoms with Crippen molar-refractivity contribution in [2.75, 3.05) is 6.61 Å². The molecule has 0 radical (unpaired) electrons. The van der Waals surface area contributed by atoms with Crippen molar-refractivity contribution in [1.29, 1.82) is 0 Å². The highest BCUT2D eigenvalue weighted by Crippen LogP contribution is 2.28. The number of rotatable bonds is 5. The van der Waals surface area contributed by atoms with Crippen molar-refractivity contribution in [3.63, 3.8) is 0 Å². The van der Waals surface area contributed by atoms with E-state index in [1.165, 1.54) is 18.2 Å². The van der Waals surface area contributed by atoms with Crippen molar-refractivity contribution in [2.24, 2.45) is 5.73 Å². The minimum Gasteiger partial charge on any atom is -0.491 e. The average Bonchev–Trinajstić information content (AvgIpc) is 2.19. The molecule has 0 heterocycles. The maximum Gasteiger partial charge on any atom is 0.271 e. The summed E-state index contributed by atoms with van der Waals surface area (Å²) in [4.78, 5) is 20.3. The molecule has 0 aliphatic rings. The first-order valence-electron chi connectivity index (χ1n) is 4.35. The molecule has 0 aliphatic heterocycles. The molecule has 0 saturated heterocycles. The van der Waals surface area contributed by atoms with E-state index in [2.05, 4.69) is 0 Å². The third-order valence-electron chi connectivity index (χ3n) is 1.73. The van der Waals surface area contributed by atoms with E-state index in [9.17, 15) is 14.9 Å². The number of nitrogens with zero attached hydrogens (tertiary/aromatic N) is 1. The monoisotopic (exact) mass is 244 g/mol. The van der Waals surface area contributed by atoms with Crippen LogP contribution in [0.25, 0.3) is 0 Å². The Labute approximate surface area is 96.1 Å². The Morgan fingerprint density at radius 2 is 2.25 bits per heavy atom. The fraction of sp³-hybridized carbons (Fsp3) is 0.222. The quantitative estimate of drug-likeness (QED) is 0.627. The van der Waals surface area contributed by atoms with E-state index in [0.717, 1.165) is 0 Å². The van der Waals surface area contributed by atoms with Gasteiger partial charge < -0.3 is 10.5 Å². The third-order valence-corrected chi connectivity index (χ3v) is 2.03. The molecule has 0 saturated carbocycles. The minimum atomic E-state index is -0.556. The number of nitro groups is 1. The second kappa shape index (κ2) is 5.32. The highest BCUT2D eigenvalue weighted by molar-refractivity contribution is 6.32. The molecule has 0 spiro atoms. The zero-order valence-corrected chi connectivity index (χ0v) is 8.94. The van der Waals surface area contributed by atoms with Crippen LogP contribution >= 0.6 is 11.6 Å². The van der Waals surface area contributed by atoms with Crippen LogP contribution < -0.4 is 10.5 Å². The predicted octanol–water partition coefficient (Wildman–Crippen LogP) is 1.50. The molecular weight excluding hydrogens is 236 g/mol. The van der Waals surface area contributed by atoms with E-state index in [0.29, 0.717) is 0 Å². The van der Waals surface area contributed by atoms with Crippen LogP contribution in [-0.4, -0.2) is 17.4 Å². The van der Waals surface area contributed by atoms with Crippen LogP contribution in [0.4, 0.5) is 5.69 Å². The van der Waals surface area contributed by atoms with Crippen molar-refractivity contribution in [2.45, 2.75) is 6.42 Å². The number of ether oxygens (including phenoxy) is 1. The summed E-state index contributed by atoms with van der Waals surface area (Å²) in [6, 6.07) is 3.83. The summed E-state index contributed by atoms with van der Waals surface area (Å²) >= 11 is 5.74. The Bertz CT molecular complexity index is 422. The molecule has 1 amide bonds. The second-order valence-corrected chi connectivity index (χ2v) is 3.34. The molecule has 16 heavy (non-hydrogen) atoms. The number of benzene rings is 1. The van der Waals surface area contributed by atoms with Crippen LogP contribution in [0.3, 0.4) is 0 Å². The standard InChI is InChI=1S/C9H9ClN2O4/c10-7-5-6(12(14)15)1-2-8(7)16-4-3-9(11)13/h1-2,5H,3-4H2,(H2,11,13). The lowest BCUT2D eigenvalue weighted by Gasteiger charge is -2.06. The van der Waals surface area contributed by atoms with Gasteiger partial charge in [-0.2, -0.15) is 0 Å². The lowest BCUT2D eigenvalue weighted by molar-refractivity contribution is -0.384. The molecule has 1 aromatic carbocycles. The first kappa shape index (κ1) is 12.3. The number of carbonyl (C=O) groups is 1. The van der Waals surface area contributed by atoms with Crippen LogP contribution in [0.2, 0.25) is 5.02 Å². The Morgan fingerprint density at radius 1 is 1.56 bits per heavy atom. The van der Waals surface area contributed by atoms with Crippen LogP contribution in [0, 0.1) is 10.1 Å². The summed E-state index contributed by atoms with van der Waals surface area (Å²) < 4.78 is 5.13. The first-order valence-corrected chi connectivity index (χ1v) is 4.73. The van der Waals surface area contributed by atoms with Gasteiger partial charge in [0.1, 0.15) is 5.75 Å². The number of primary amides is 1. The summed E-state index contributed by atoms with van der Waals surface area (Å²) in [6.45, 7) is 0.0901. The van der Waals surface area contributed by atoms with Crippen molar-refractivity contribution in [1.82, 2.24) is 0 Å². The number of amides is 1. The number of carbonyl (C=O) groups excluding carboxylic acids is 1. The van der Waals surface area contributed by atoms with Crippen LogP contribution in [-0.2, 0) is 4.79 Å². The van der Waals surface area contributed by atoms with Gasteiger partial charge in [-0.3, -0.25) is 14.9 Å². The number of halogens is 1. The van der Waals surface area contributed by atoms with E-state index in [4.69, 9.17) is 22.1 Å². The molecule has 0 fully saturated rings. The maximum absolute atomic E-state index is 10.4. The number of non-ortho nitro benzene ring substituents is 1. The molecule has 1 aromatic rings. The normalized spacial score (nSPS) is 9.81. The number of nitro benzene ring substituents is 1. The lowest BCUT2D eigenvalue weighted by atomic mass is 10.3. The van der Waals surface area contributed by atoms with Crippen LogP contribution in [0.5, 0.6) is 5.75 Å². The van der Waals surface area contributed by atoms with Crippen molar-refractivity contribution in [3.8, 4) is 5.75 Å². The second-order valence-electron chi connectivity index (χ2n) is 2.94. The van der Waals surface area contributed by atoms with Gasteiger partial charge >= 0.3 is 0 Å². The number of hydrogen-bond acceptors (Lipinski definition) is 4. The fourth-order valence-electron chi connectivity index (χ4n) is 0.982. The Balaban J connectivity index is 2.68. The zero-order valence-electron chi connectivity index (χ0n) is 8.18. The summed E-state index contributed by atoms with van der Waals surface area (Å²) in [5, 5.41) is 10.5. The minimum absolute atomic E-state index is 0.0628. The van der Waals surface area contributed by atoms with E-state index in [1.807, 2.05) is 0 Å². The fourth-order valence-corrected chi connectivity index (χ4v) is 1.21. The summed E-state index contributed by atoms with van der Waals surface area (Å²) in [5.41, 5.74) is 4.80. The molecular formula is C9H9ClN2O4. The van der Waals surface area contributed by atoms with Crippen molar-refractivity contribution < 1.29 is 14.5 Å². The van der Waals surface area contributed by atoms with Gasteiger partial charge in [0.2, 0.25) is 5.91 Å². The predicted molar refractivity (Wildman–Crippen MR) is 57.4 cm³/mol. The smallest absolute Gasteiger partial charge is 0.271 e. The summed E-state index contributed by atoms with van der Waals surface area (Å²) in [6.07, 6.45) is 0.0628. The summed E-state index contributed by atoms with van der Waals surface area (Å²) in [5.74, 6) is -0.202. The highest BCUT2D eigenvalue weighted by atomic mass is 35.5. The molecule has 0 aromatic heterocycles. The maximum atomic E-state index is 10.4. The van der Waals surface area contributed by atoms with Crippen LogP contribution in [0.15, 0.2) is 18.2 Å². The first-order chi connectivity index (χ1) is 7.50. The van der Waals surface area contributed by atoms with Gasteiger partial charge in [0, 0.05) is 12.1 Å². The van der Waals surface area contributed by atoms with Crippen molar-refractivity contribution in [3.05, 3.63) is 33.3 Å². The van der Waals surface area contributed by atoms with Crippen molar-refractivity contribution >= 4 is 23.2 Å². The number of hydrogen-bond donors (Lipinski definition) is 1. The van der Waals surface area contributed by atoms with Gasteiger partial charge in [-0.15, -0.1) is 0 Å². The van der Waals surface area contributed by atoms with Gasteiger partial charge in [-0.25, -0.2) is 0 Å². The van der Waals surface area contributed by atoms with Gasteiger partial charge in [-0.05, 0) is 6.07 Å². The number of nitrogens with two attached hydrogens (primary N) is 1. The van der Waals surface area contributed by atoms with E-state index < -0.39 is 10.8 Å². The van der Waals surface area contributed by atoms with E-state index >= 15 is 0 Å². The average molecular weight is 245 g/mol. The highest BCUT2D eigenvalue weighted by Gasteiger charge is 2.10. The van der Waals surface area contributed by atoms with Gasteiger partial charge in [0.25, 0.3) is 5.69 Å². The molecule has 6 nitrogen and oxygen atoms in total.